The molecule has 1 amide bonds. The number of likely N-dealkylation sites (tertiary alicyclic amines) is 1. The van der Waals surface area contributed by atoms with Gasteiger partial charge in [0.15, 0.2) is 0 Å². The first-order valence-electron chi connectivity index (χ1n) is 14.5. The number of methoxy groups -OCH3 is 1. The first-order valence-corrected chi connectivity index (χ1v) is 14.5. The third-order valence-electron chi connectivity index (χ3n) is 7.37. The molecular formula is C30H46N6O4. The maximum atomic E-state index is 13.5. The van der Waals surface area contributed by atoms with Crippen molar-refractivity contribution in [2.24, 2.45) is 0 Å². The van der Waals surface area contributed by atoms with Crippen LogP contribution in [0.2, 0.25) is 0 Å². The van der Waals surface area contributed by atoms with Crippen LogP contribution in [-0.2, 0) is 33.7 Å². The maximum absolute atomic E-state index is 13.5. The highest BCUT2D eigenvalue weighted by atomic mass is 16.5. The predicted octanol–water partition coefficient (Wildman–Crippen LogP) is 3.10. The number of unbranched alkanes of at least 4 members (excludes halogenated alkanes) is 2. The van der Waals surface area contributed by atoms with Crippen molar-refractivity contribution < 1.29 is 19.4 Å². The zero-order valence-electron chi connectivity index (χ0n) is 24.3. The van der Waals surface area contributed by atoms with Gasteiger partial charge in [-0.25, -0.2) is 4.98 Å². The lowest BCUT2D eigenvalue weighted by molar-refractivity contribution is -0.139. The summed E-state index contributed by atoms with van der Waals surface area (Å²) in [5, 5.41) is 13.3. The molecule has 1 saturated heterocycles. The molecule has 0 unspecified atom stereocenters. The fourth-order valence-corrected chi connectivity index (χ4v) is 5.05. The molecule has 10 nitrogen and oxygen atoms in total. The molecule has 0 bridgehead atoms. The van der Waals surface area contributed by atoms with E-state index in [9.17, 15) is 14.7 Å². The van der Waals surface area contributed by atoms with Gasteiger partial charge in [-0.2, -0.15) is 4.98 Å². The molecule has 1 aromatic carbocycles. The topological polar surface area (TPSA) is 134 Å². The minimum Gasteiger partial charge on any atom is -0.469 e. The molecule has 0 radical (unpaired) electrons. The summed E-state index contributed by atoms with van der Waals surface area (Å²) in [4.78, 5) is 38.2. The Bertz CT molecular complexity index is 1100. The van der Waals surface area contributed by atoms with Crippen LogP contribution in [0.25, 0.3) is 0 Å². The number of aromatic nitrogens is 2. The maximum Gasteiger partial charge on any atom is 0.309 e. The molecule has 220 valence electrons. The second kappa shape index (κ2) is 16.1. The lowest BCUT2D eigenvalue weighted by Gasteiger charge is -2.31. The van der Waals surface area contributed by atoms with Crippen molar-refractivity contribution in [3.8, 4) is 0 Å². The van der Waals surface area contributed by atoms with Gasteiger partial charge in [0.2, 0.25) is 11.9 Å². The molecular weight excluding hydrogens is 508 g/mol. The highest BCUT2D eigenvalue weighted by Gasteiger charge is 2.22. The Morgan fingerprint density at radius 3 is 2.65 bits per heavy atom. The highest BCUT2D eigenvalue weighted by molar-refractivity contribution is 5.78. The van der Waals surface area contributed by atoms with Crippen molar-refractivity contribution in [3.63, 3.8) is 0 Å². The van der Waals surface area contributed by atoms with E-state index in [1.165, 1.54) is 7.11 Å². The number of nitrogens with two attached hydrogens (primary N) is 1. The van der Waals surface area contributed by atoms with Gasteiger partial charge in [-0.15, -0.1) is 0 Å². The number of ether oxygens (including phenoxy) is 1. The van der Waals surface area contributed by atoms with Crippen LogP contribution in [0.1, 0.15) is 67.8 Å². The minimum absolute atomic E-state index is 0.0537. The number of hydrogen-bond donors (Lipinski definition) is 3. The average molecular weight is 555 g/mol. The number of rotatable bonds is 15. The van der Waals surface area contributed by atoms with E-state index < -0.39 is 0 Å². The lowest BCUT2D eigenvalue weighted by Crippen LogP contribution is -2.44. The van der Waals surface area contributed by atoms with Crippen molar-refractivity contribution in [3.05, 3.63) is 46.6 Å². The number of aliphatic hydroxyl groups excluding tert-OH is 1. The van der Waals surface area contributed by atoms with Gasteiger partial charge >= 0.3 is 5.97 Å². The Morgan fingerprint density at radius 1 is 1.18 bits per heavy atom. The molecule has 0 saturated carbocycles. The molecule has 10 heteroatoms. The molecule has 1 aliphatic rings. The number of piperidine rings is 1. The Hall–Kier alpha value is -3.24. The number of aryl methyl sites for hydroxylation is 1. The van der Waals surface area contributed by atoms with Crippen LogP contribution in [0, 0.1) is 6.92 Å². The summed E-state index contributed by atoms with van der Waals surface area (Å²) in [6.45, 7) is 7.71. The third-order valence-corrected chi connectivity index (χ3v) is 7.37. The van der Waals surface area contributed by atoms with Gasteiger partial charge in [-0.05, 0) is 50.2 Å². The number of nitrogen functional groups attached to an aromatic ring is 1. The van der Waals surface area contributed by atoms with Gasteiger partial charge in [0.05, 0.1) is 26.2 Å². The third kappa shape index (κ3) is 10.1. The van der Waals surface area contributed by atoms with Gasteiger partial charge in [0.1, 0.15) is 5.82 Å². The van der Waals surface area contributed by atoms with Crippen LogP contribution >= 0.6 is 0 Å². The predicted molar refractivity (Wildman–Crippen MR) is 157 cm³/mol. The number of anilines is 2. The fraction of sp³-hybridized carbons (Fsp3) is 0.600. The number of benzene rings is 1. The van der Waals surface area contributed by atoms with Crippen molar-refractivity contribution in [2.75, 3.05) is 50.9 Å². The van der Waals surface area contributed by atoms with Gasteiger partial charge in [-0.3, -0.25) is 14.5 Å². The summed E-state index contributed by atoms with van der Waals surface area (Å²) < 4.78 is 4.81. The van der Waals surface area contributed by atoms with E-state index in [2.05, 4.69) is 27.1 Å². The molecule has 2 aromatic rings. The van der Waals surface area contributed by atoms with Crippen LogP contribution in [0.4, 0.5) is 11.8 Å². The largest absolute Gasteiger partial charge is 0.469 e. The first-order chi connectivity index (χ1) is 19.3. The summed E-state index contributed by atoms with van der Waals surface area (Å²) in [6, 6.07) is 7.75. The summed E-state index contributed by atoms with van der Waals surface area (Å²) in [5.41, 5.74) is 9.65. The Morgan fingerprint density at radius 2 is 1.93 bits per heavy atom. The molecule has 1 aliphatic heterocycles. The number of aliphatic hydroxyl groups is 1. The van der Waals surface area contributed by atoms with E-state index >= 15 is 0 Å². The van der Waals surface area contributed by atoms with E-state index in [-0.39, 0.29) is 30.3 Å². The summed E-state index contributed by atoms with van der Waals surface area (Å²) >= 11 is 0. The number of hydrogen-bond acceptors (Lipinski definition) is 9. The standard InChI is InChI=1S/C30H46N6O4/c1-4-5-6-14-32-29-26(22(2)33-30(31)34-29)11-8-15-36(27(38)21-35-16-12-25(37)13-17-35)20-24-10-7-9-23(18-24)19-28(39)40-3/h7,9-10,18,25,37H,4-6,8,11-17,19-21H2,1-3H3,(H3,31,32,33,34). The molecule has 4 N–H and O–H groups in total. The molecule has 3 rings (SSSR count). The highest BCUT2D eigenvalue weighted by Crippen LogP contribution is 2.21. The molecule has 1 aromatic heterocycles. The summed E-state index contributed by atoms with van der Waals surface area (Å²) in [6.07, 6.45) is 6.09. The van der Waals surface area contributed by atoms with Gasteiger partial charge in [0.25, 0.3) is 0 Å². The van der Waals surface area contributed by atoms with Crippen molar-refractivity contribution in [1.29, 1.82) is 0 Å². The molecule has 1 fully saturated rings. The average Bonchev–Trinajstić information content (AvgIpc) is 2.93. The zero-order valence-corrected chi connectivity index (χ0v) is 24.3. The quantitative estimate of drug-likeness (QED) is 0.224. The van der Waals surface area contributed by atoms with Crippen LogP contribution in [0.3, 0.4) is 0 Å². The van der Waals surface area contributed by atoms with Crippen molar-refractivity contribution in [2.45, 2.75) is 77.9 Å². The van der Waals surface area contributed by atoms with Gasteiger partial charge < -0.3 is 25.8 Å². The number of carbonyl (C=O) groups excluding carboxylic acids is 2. The van der Waals surface area contributed by atoms with Crippen molar-refractivity contribution >= 4 is 23.6 Å². The van der Waals surface area contributed by atoms with E-state index in [4.69, 9.17) is 10.5 Å². The van der Waals surface area contributed by atoms with Crippen LogP contribution in [0.5, 0.6) is 0 Å². The summed E-state index contributed by atoms with van der Waals surface area (Å²) in [5.74, 6) is 0.798. The normalized spacial score (nSPS) is 14.2. The van der Waals surface area contributed by atoms with Gasteiger partial charge in [0, 0.05) is 44.0 Å². The van der Waals surface area contributed by atoms with E-state index in [0.29, 0.717) is 52.0 Å². The number of carbonyl (C=O) groups is 2. The molecule has 0 atom stereocenters. The van der Waals surface area contributed by atoms with E-state index in [1.807, 2.05) is 36.1 Å². The molecule has 0 spiro atoms. The Labute approximate surface area is 238 Å². The van der Waals surface area contributed by atoms with Crippen LogP contribution < -0.4 is 11.1 Å². The van der Waals surface area contributed by atoms with E-state index in [0.717, 1.165) is 60.4 Å². The molecule has 0 aliphatic carbocycles. The minimum atomic E-state index is -0.294. The number of nitrogens with one attached hydrogen (secondary N) is 1. The fourth-order valence-electron chi connectivity index (χ4n) is 5.05. The zero-order chi connectivity index (χ0) is 28.9. The Kier molecular flexibility index (Phi) is 12.6. The number of esters is 1. The van der Waals surface area contributed by atoms with E-state index in [1.54, 1.807) is 0 Å². The van der Waals surface area contributed by atoms with Crippen molar-refractivity contribution in [1.82, 2.24) is 19.8 Å². The Balaban J connectivity index is 1.71. The molecule has 40 heavy (non-hydrogen) atoms. The molecule has 2 heterocycles. The summed E-state index contributed by atoms with van der Waals surface area (Å²) in [7, 11) is 1.38. The smallest absolute Gasteiger partial charge is 0.309 e. The second-order valence-corrected chi connectivity index (χ2v) is 10.6. The SMILES string of the molecule is CCCCCNc1nc(N)nc(C)c1CCCN(Cc1cccc(CC(=O)OC)c1)C(=O)CN1CCC(O)CC1. The first kappa shape index (κ1) is 31.3. The lowest BCUT2D eigenvalue weighted by atomic mass is 10.1. The monoisotopic (exact) mass is 554 g/mol. The van der Waals surface area contributed by atoms with Crippen LogP contribution in [0.15, 0.2) is 24.3 Å². The van der Waals surface area contributed by atoms with Gasteiger partial charge in [-0.1, -0.05) is 44.0 Å². The number of amides is 1. The second-order valence-electron chi connectivity index (χ2n) is 10.6. The van der Waals surface area contributed by atoms with Crippen LogP contribution in [-0.4, -0.2) is 82.7 Å². The number of nitrogens with zero attached hydrogens (tertiary/aromatic N) is 4.